The molecule has 0 saturated carbocycles. The average Bonchev–Trinajstić information content (AvgIpc) is 2.62. The van der Waals surface area contributed by atoms with Gasteiger partial charge in [-0.15, -0.1) is 0 Å². The summed E-state index contributed by atoms with van der Waals surface area (Å²) in [6, 6.07) is 27.5. The third kappa shape index (κ3) is 2.82. The van der Waals surface area contributed by atoms with E-state index in [1.54, 1.807) is 0 Å². The molecular weight excluding hydrogens is 355 g/mol. The van der Waals surface area contributed by atoms with Crippen LogP contribution in [0.1, 0.15) is 5.56 Å². The molecule has 110 valence electrons. The minimum atomic E-state index is -2.84. The Balaban J connectivity index is 2.26. The van der Waals surface area contributed by atoms with Gasteiger partial charge >= 0.3 is 0 Å². The van der Waals surface area contributed by atoms with Gasteiger partial charge in [0.2, 0.25) is 0 Å². The normalized spacial score (nSPS) is 11.3. The Bertz CT molecular complexity index is 756. The van der Waals surface area contributed by atoms with Gasteiger partial charge in [-0.1, -0.05) is 94.8 Å². The molecular formula is C19H16BrOP. The highest BCUT2D eigenvalue weighted by Crippen LogP contribution is 2.42. The van der Waals surface area contributed by atoms with E-state index in [2.05, 4.69) is 15.9 Å². The first-order valence-electron chi connectivity index (χ1n) is 7.12. The van der Waals surface area contributed by atoms with E-state index in [4.69, 9.17) is 0 Å². The first kappa shape index (κ1) is 15.3. The highest BCUT2D eigenvalue weighted by atomic mass is 79.9. The Kier molecular flexibility index (Phi) is 4.61. The molecule has 22 heavy (non-hydrogen) atoms. The van der Waals surface area contributed by atoms with E-state index < -0.39 is 7.14 Å². The molecule has 0 radical (unpaired) electrons. The molecule has 0 unspecified atom stereocenters. The summed E-state index contributed by atoms with van der Waals surface area (Å²) in [6.45, 7) is 0. The Hall–Kier alpha value is -1.63. The van der Waals surface area contributed by atoms with E-state index in [-0.39, 0.29) is 0 Å². The third-order valence-electron chi connectivity index (χ3n) is 3.67. The molecule has 0 N–H and O–H groups in total. The maximum absolute atomic E-state index is 14.1. The summed E-state index contributed by atoms with van der Waals surface area (Å²) in [5.41, 5.74) is 1.13. The molecule has 3 aromatic carbocycles. The highest BCUT2D eigenvalue weighted by Gasteiger charge is 2.29. The van der Waals surface area contributed by atoms with Crippen LogP contribution in [0.5, 0.6) is 0 Å². The summed E-state index contributed by atoms with van der Waals surface area (Å²) in [6.07, 6.45) is 0. The molecule has 0 heterocycles. The lowest BCUT2D eigenvalue weighted by Gasteiger charge is -2.20. The standard InChI is InChI=1S/C19H16BrOP/c20-15-16-8-7-13-19(14-16)22(21,17-9-3-1-4-10-17)18-11-5-2-6-12-18/h1-14H,15H2. The quantitative estimate of drug-likeness (QED) is 0.496. The van der Waals surface area contributed by atoms with Crippen molar-refractivity contribution < 1.29 is 4.57 Å². The van der Waals surface area contributed by atoms with Gasteiger partial charge in [-0.25, -0.2) is 0 Å². The number of hydrogen-bond donors (Lipinski definition) is 0. The van der Waals surface area contributed by atoms with E-state index in [0.29, 0.717) is 0 Å². The molecule has 0 saturated heterocycles. The van der Waals surface area contributed by atoms with Gasteiger partial charge < -0.3 is 4.57 Å². The smallest absolute Gasteiger partial charge is 0.171 e. The van der Waals surface area contributed by atoms with Crippen molar-refractivity contribution in [1.82, 2.24) is 0 Å². The first-order valence-corrected chi connectivity index (χ1v) is 9.95. The SMILES string of the molecule is O=P(c1ccccc1)(c1ccccc1)c1cccc(CBr)c1. The Morgan fingerprint density at radius 1 is 0.682 bits per heavy atom. The molecule has 0 atom stereocenters. The van der Waals surface area contributed by atoms with Gasteiger partial charge in [0, 0.05) is 21.2 Å². The third-order valence-corrected chi connectivity index (χ3v) is 7.37. The van der Waals surface area contributed by atoms with Crippen LogP contribution >= 0.6 is 23.1 Å². The van der Waals surface area contributed by atoms with Crippen LogP contribution in [0.15, 0.2) is 84.9 Å². The second-order valence-electron chi connectivity index (χ2n) is 5.08. The molecule has 0 aliphatic rings. The Labute approximate surface area is 139 Å². The lowest BCUT2D eigenvalue weighted by molar-refractivity contribution is 0.592. The number of halogens is 1. The zero-order valence-corrected chi connectivity index (χ0v) is 14.5. The van der Waals surface area contributed by atoms with Crippen LogP contribution in [0, 0.1) is 0 Å². The van der Waals surface area contributed by atoms with Gasteiger partial charge in [0.05, 0.1) is 0 Å². The number of hydrogen-bond acceptors (Lipinski definition) is 1. The first-order chi connectivity index (χ1) is 10.7. The Morgan fingerprint density at radius 2 is 1.18 bits per heavy atom. The van der Waals surface area contributed by atoms with Gasteiger partial charge in [0.15, 0.2) is 7.14 Å². The van der Waals surface area contributed by atoms with Gasteiger partial charge in [-0.05, 0) is 11.6 Å². The average molecular weight is 371 g/mol. The molecule has 3 heteroatoms. The summed E-state index contributed by atoms with van der Waals surface area (Å²) in [5, 5.41) is 3.37. The zero-order valence-electron chi connectivity index (χ0n) is 12.0. The van der Waals surface area contributed by atoms with E-state index in [1.165, 1.54) is 0 Å². The van der Waals surface area contributed by atoms with Crippen LogP contribution in [0.3, 0.4) is 0 Å². The van der Waals surface area contributed by atoms with Crippen molar-refractivity contribution >= 4 is 39.0 Å². The van der Waals surface area contributed by atoms with Crippen molar-refractivity contribution in [2.75, 3.05) is 0 Å². The van der Waals surface area contributed by atoms with E-state index in [0.717, 1.165) is 26.8 Å². The van der Waals surface area contributed by atoms with E-state index in [1.807, 2.05) is 84.9 Å². The molecule has 0 fully saturated rings. The number of alkyl halides is 1. The largest absolute Gasteiger partial charge is 0.309 e. The van der Waals surface area contributed by atoms with Crippen LogP contribution in [0.25, 0.3) is 0 Å². The zero-order chi connectivity index (χ0) is 15.4. The molecule has 1 nitrogen and oxygen atoms in total. The van der Waals surface area contributed by atoms with Crippen LogP contribution in [0.2, 0.25) is 0 Å². The van der Waals surface area contributed by atoms with Gasteiger partial charge in [-0.2, -0.15) is 0 Å². The molecule has 0 aromatic heterocycles. The fourth-order valence-electron chi connectivity index (χ4n) is 2.56. The molecule has 0 aliphatic heterocycles. The van der Waals surface area contributed by atoms with Crippen molar-refractivity contribution in [2.24, 2.45) is 0 Å². The van der Waals surface area contributed by atoms with E-state index >= 15 is 0 Å². The predicted octanol–water partition coefficient (Wildman–Crippen LogP) is 4.22. The van der Waals surface area contributed by atoms with Crippen molar-refractivity contribution in [2.45, 2.75) is 5.33 Å². The van der Waals surface area contributed by atoms with Crippen molar-refractivity contribution in [3.05, 3.63) is 90.5 Å². The summed E-state index contributed by atoms with van der Waals surface area (Å²) in [5.74, 6) is 0. The predicted molar refractivity (Wildman–Crippen MR) is 98.5 cm³/mol. The van der Waals surface area contributed by atoms with Crippen LogP contribution in [0.4, 0.5) is 0 Å². The fraction of sp³-hybridized carbons (Fsp3) is 0.0526. The van der Waals surface area contributed by atoms with Crippen LogP contribution in [-0.2, 0) is 9.90 Å². The second-order valence-corrected chi connectivity index (χ2v) is 8.41. The van der Waals surface area contributed by atoms with Crippen molar-refractivity contribution in [3.63, 3.8) is 0 Å². The lowest BCUT2D eigenvalue weighted by Crippen LogP contribution is -2.25. The van der Waals surface area contributed by atoms with Crippen molar-refractivity contribution in [1.29, 1.82) is 0 Å². The van der Waals surface area contributed by atoms with Gasteiger partial charge in [0.25, 0.3) is 0 Å². The summed E-state index contributed by atoms with van der Waals surface area (Å²) < 4.78 is 14.1. The van der Waals surface area contributed by atoms with Gasteiger partial charge in [0.1, 0.15) is 0 Å². The molecule has 3 rings (SSSR count). The maximum atomic E-state index is 14.1. The number of benzene rings is 3. The lowest BCUT2D eigenvalue weighted by atomic mass is 10.2. The monoisotopic (exact) mass is 370 g/mol. The summed E-state index contributed by atoms with van der Waals surface area (Å²) in [7, 11) is -2.84. The molecule has 0 bridgehead atoms. The molecule has 3 aromatic rings. The number of rotatable bonds is 4. The second kappa shape index (κ2) is 6.64. The fourth-order valence-corrected chi connectivity index (χ4v) is 5.63. The summed E-state index contributed by atoms with van der Waals surface area (Å²) >= 11 is 3.48. The summed E-state index contributed by atoms with van der Waals surface area (Å²) in [4.78, 5) is 0. The molecule has 0 amide bonds. The van der Waals surface area contributed by atoms with Crippen LogP contribution in [-0.4, -0.2) is 0 Å². The Morgan fingerprint density at radius 3 is 1.68 bits per heavy atom. The topological polar surface area (TPSA) is 17.1 Å². The molecule has 0 spiro atoms. The van der Waals surface area contributed by atoms with E-state index in [9.17, 15) is 4.57 Å². The maximum Gasteiger partial charge on any atom is 0.171 e. The van der Waals surface area contributed by atoms with Gasteiger partial charge in [-0.3, -0.25) is 0 Å². The highest BCUT2D eigenvalue weighted by molar-refractivity contribution is 9.08. The van der Waals surface area contributed by atoms with Crippen molar-refractivity contribution in [3.8, 4) is 0 Å². The molecule has 0 aliphatic carbocycles. The van der Waals surface area contributed by atoms with Crippen LogP contribution < -0.4 is 15.9 Å². The minimum absolute atomic E-state index is 0.754. The minimum Gasteiger partial charge on any atom is -0.309 e.